The molecule has 0 unspecified atom stereocenters. The number of hydrogen-bond donors (Lipinski definition) is 0. The maximum absolute atomic E-state index is 12.7. The van der Waals surface area contributed by atoms with Gasteiger partial charge >= 0.3 is 11.9 Å². The van der Waals surface area contributed by atoms with Crippen LogP contribution in [0.3, 0.4) is 0 Å². The summed E-state index contributed by atoms with van der Waals surface area (Å²) in [5, 5.41) is 0. The fourth-order valence-corrected chi connectivity index (χ4v) is 6.39. The number of ether oxygens (including phenoxy) is 3. The monoisotopic (exact) mass is 632 g/mol. The number of hydrogen-bond acceptors (Lipinski definition) is 5. The lowest BCUT2D eigenvalue weighted by atomic mass is 9.63. The molecular formula is C42H48O5. The quantitative estimate of drug-likeness (QED) is 0.108. The molecular weight excluding hydrogens is 584 g/mol. The van der Waals surface area contributed by atoms with E-state index in [1.165, 1.54) is 17.5 Å². The van der Waals surface area contributed by atoms with Crippen LogP contribution in [-0.4, -0.2) is 25.2 Å². The molecule has 0 N–H and O–H groups in total. The molecule has 47 heavy (non-hydrogen) atoms. The Morgan fingerprint density at radius 1 is 0.681 bits per heavy atom. The van der Waals surface area contributed by atoms with Crippen LogP contribution >= 0.6 is 0 Å². The van der Waals surface area contributed by atoms with Crippen molar-refractivity contribution in [2.24, 2.45) is 0 Å². The van der Waals surface area contributed by atoms with Crippen molar-refractivity contribution in [3.63, 3.8) is 0 Å². The van der Waals surface area contributed by atoms with Gasteiger partial charge in [-0.25, -0.2) is 4.79 Å². The van der Waals surface area contributed by atoms with Gasteiger partial charge in [0.05, 0.1) is 18.8 Å². The van der Waals surface area contributed by atoms with Gasteiger partial charge in [0.25, 0.3) is 0 Å². The van der Waals surface area contributed by atoms with Gasteiger partial charge < -0.3 is 14.2 Å². The van der Waals surface area contributed by atoms with E-state index in [4.69, 9.17) is 14.2 Å². The standard InChI is InChI=1S/C42H48O5/c1-6-45-39(43)15-11-8-12-26-46-38-23-21-33(31-16-18-32(19-17-31)40(44)47-29-30-13-9-7-10-14-30)27-35(38)34-20-22-36-37(28-34)42(4,5)25-24-41(36,2)3/h7,9-10,13-14,16-23,27-28H,6,8,11-12,15,24-26,29H2,1-5H3. The van der Waals surface area contributed by atoms with Crippen LogP contribution in [0.2, 0.25) is 0 Å². The Morgan fingerprint density at radius 3 is 2.09 bits per heavy atom. The van der Waals surface area contributed by atoms with Crippen LogP contribution in [-0.2, 0) is 31.7 Å². The molecule has 5 nitrogen and oxygen atoms in total. The average molecular weight is 633 g/mol. The highest BCUT2D eigenvalue weighted by molar-refractivity contribution is 5.90. The van der Waals surface area contributed by atoms with Gasteiger partial charge in [-0.1, -0.05) is 94.4 Å². The summed E-state index contributed by atoms with van der Waals surface area (Å²) in [5.74, 6) is 0.363. The Labute approximate surface area is 280 Å². The molecule has 0 aliphatic heterocycles. The number of fused-ring (bicyclic) bond motifs is 1. The Bertz CT molecular complexity index is 1670. The van der Waals surface area contributed by atoms with E-state index in [0.29, 0.717) is 25.2 Å². The fourth-order valence-electron chi connectivity index (χ4n) is 6.39. The highest BCUT2D eigenvalue weighted by Gasteiger charge is 2.37. The zero-order chi connectivity index (χ0) is 33.4. The van der Waals surface area contributed by atoms with Crippen LogP contribution in [0, 0.1) is 0 Å². The van der Waals surface area contributed by atoms with Crippen molar-refractivity contribution in [3.8, 4) is 28.0 Å². The van der Waals surface area contributed by atoms with Crippen LogP contribution in [0.15, 0.2) is 91.0 Å². The Hall–Kier alpha value is -4.38. The first kappa shape index (κ1) is 34.0. The molecule has 0 heterocycles. The maximum Gasteiger partial charge on any atom is 0.338 e. The van der Waals surface area contributed by atoms with Crippen LogP contribution < -0.4 is 4.74 Å². The average Bonchev–Trinajstić information content (AvgIpc) is 3.08. The molecule has 5 rings (SSSR count). The molecule has 0 saturated carbocycles. The summed E-state index contributed by atoms with van der Waals surface area (Å²) in [7, 11) is 0. The van der Waals surface area contributed by atoms with Crippen molar-refractivity contribution in [2.45, 2.75) is 90.6 Å². The smallest absolute Gasteiger partial charge is 0.338 e. The third kappa shape index (κ3) is 8.51. The molecule has 5 heteroatoms. The Kier molecular flexibility index (Phi) is 10.9. The van der Waals surface area contributed by atoms with E-state index in [2.05, 4.69) is 64.1 Å². The van der Waals surface area contributed by atoms with E-state index in [1.54, 1.807) is 0 Å². The topological polar surface area (TPSA) is 61.8 Å². The number of benzene rings is 4. The first-order valence-electron chi connectivity index (χ1n) is 17.0. The minimum Gasteiger partial charge on any atom is -0.493 e. The molecule has 246 valence electrons. The van der Waals surface area contributed by atoms with Crippen LogP contribution in [0.1, 0.15) is 100 Å². The lowest BCUT2D eigenvalue weighted by Crippen LogP contribution is -2.33. The minimum absolute atomic E-state index is 0.0867. The first-order chi connectivity index (χ1) is 22.6. The van der Waals surface area contributed by atoms with E-state index < -0.39 is 0 Å². The van der Waals surface area contributed by atoms with Crippen LogP contribution in [0.25, 0.3) is 22.3 Å². The summed E-state index contributed by atoms with van der Waals surface area (Å²) >= 11 is 0. The number of carbonyl (C=O) groups excluding carboxylic acids is 2. The van der Waals surface area contributed by atoms with Crippen molar-refractivity contribution in [2.75, 3.05) is 13.2 Å². The second-order valence-electron chi connectivity index (χ2n) is 13.8. The van der Waals surface area contributed by atoms with Crippen molar-refractivity contribution in [1.29, 1.82) is 0 Å². The van der Waals surface area contributed by atoms with Gasteiger partial charge in [0.1, 0.15) is 12.4 Å². The Balaban J connectivity index is 1.38. The fraction of sp³-hybridized carbons (Fsp3) is 0.381. The molecule has 1 aliphatic rings. The lowest BCUT2D eigenvalue weighted by molar-refractivity contribution is -0.143. The molecule has 0 saturated heterocycles. The van der Waals surface area contributed by atoms with Gasteiger partial charge in [0.15, 0.2) is 0 Å². The van der Waals surface area contributed by atoms with E-state index >= 15 is 0 Å². The van der Waals surface area contributed by atoms with Gasteiger partial charge in [-0.05, 0) is 108 Å². The second-order valence-corrected chi connectivity index (χ2v) is 13.8. The maximum atomic E-state index is 12.7. The molecule has 0 amide bonds. The Morgan fingerprint density at radius 2 is 1.36 bits per heavy atom. The molecule has 0 aromatic heterocycles. The number of rotatable bonds is 13. The normalized spacial score (nSPS) is 14.6. The van der Waals surface area contributed by atoms with Crippen molar-refractivity contribution < 1.29 is 23.8 Å². The molecule has 0 fully saturated rings. The zero-order valence-corrected chi connectivity index (χ0v) is 28.6. The van der Waals surface area contributed by atoms with Crippen molar-refractivity contribution in [1.82, 2.24) is 0 Å². The predicted octanol–water partition coefficient (Wildman–Crippen LogP) is 10.2. The van der Waals surface area contributed by atoms with Crippen molar-refractivity contribution in [3.05, 3.63) is 113 Å². The highest BCUT2D eigenvalue weighted by Crippen LogP contribution is 2.47. The largest absolute Gasteiger partial charge is 0.493 e. The van der Waals surface area contributed by atoms with Crippen LogP contribution in [0.5, 0.6) is 5.75 Å². The molecule has 4 aromatic carbocycles. The van der Waals surface area contributed by atoms with Gasteiger partial charge in [0.2, 0.25) is 0 Å². The molecule has 0 bridgehead atoms. The summed E-state index contributed by atoms with van der Waals surface area (Å²) in [6.07, 6.45) is 5.30. The summed E-state index contributed by atoms with van der Waals surface area (Å²) in [5.41, 5.74) is 8.76. The van der Waals surface area contributed by atoms with E-state index in [-0.39, 0.29) is 29.4 Å². The number of unbranched alkanes of at least 4 members (excludes halogenated alkanes) is 2. The van der Waals surface area contributed by atoms with E-state index in [9.17, 15) is 9.59 Å². The molecule has 0 radical (unpaired) electrons. The van der Waals surface area contributed by atoms with Gasteiger partial charge in [0, 0.05) is 12.0 Å². The molecule has 4 aromatic rings. The van der Waals surface area contributed by atoms with Gasteiger partial charge in [-0.15, -0.1) is 0 Å². The third-order valence-corrected chi connectivity index (χ3v) is 9.40. The van der Waals surface area contributed by atoms with Gasteiger partial charge in [-0.2, -0.15) is 0 Å². The minimum atomic E-state index is -0.341. The summed E-state index contributed by atoms with van der Waals surface area (Å²) in [6.45, 7) is 12.5. The van der Waals surface area contributed by atoms with Crippen LogP contribution in [0.4, 0.5) is 0 Å². The molecule has 0 atom stereocenters. The van der Waals surface area contributed by atoms with E-state index in [1.807, 2.05) is 61.5 Å². The summed E-state index contributed by atoms with van der Waals surface area (Å²) < 4.78 is 17.0. The summed E-state index contributed by atoms with van der Waals surface area (Å²) in [4.78, 5) is 24.4. The SMILES string of the molecule is CCOC(=O)CCCCCOc1ccc(-c2ccc(C(=O)OCc3ccccc3)cc2)cc1-c1ccc2c(c1)C(C)(C)CCC2(C)C. The van der Waals surface area contributed by atoms with Gasteiger partial charge in [-0.3, -0.25) is 4.79 Å². The van der Waals surface area contributed by atoms with Crippen molar-refractivity contribution >= 4 is 11.9 Å². The van der Waals surface area contributed by atoms with E-state index in [0.717, 1.165) is 59.3 Å². The number of esters is 2. The number of carbonyl (C=O) groups is 2. The highest BCUT2D eigenvalue weighted by atomic mass is 16.5. The molecule has 0 spiro atoms. The zero-order valence-electron chi connectivity index (χ0n) is 28.6. The summed E-state index contributed by atoms with van der Waals surface area (Å²) in [6, 6.07) is 30.5. The third-order valence-electron chi connectivity index (χ3n) is 9.40. The second kappa shape index (κ2) is 15.0. The first-order valence-corrected chi connectivity index (χ1v) is 17.0. The lowest BCUT2D eigenvalue weighted by Gasteiger charge is -2.42. The predicted molar refractivity (Wildman–Crippen MR) is 189 cm³/mol. The molecule has 1 aliphatic carbocycles.